The van der Waals surface area contributed by atoms with E-state index < -0.39 is 0 Å². The summed E-state index contributed by atoms with van der Waals surface area (Å²) in [5.41, 5.74) is 1.01. The van der Waals surface area contributed by atoms with Crippen molar-refractivity contribution >= 4 is 33.4 Å². The van der Waals surface area contributed by atoms with E-state index in [0.29, 0.717) is 6.04 Å². The van der Waals surface area contributed by atoms with Gasteiger partial charge in [-0.15, -0.1) is 11.3 Å². The van der Waals surface area contributed by atoms with Crippen LogP contribution >= 0.6 is 11.3 Å². The Kier molecular flexibility index (Phi) is 5.45. The van der Waals surface area contributed by atoms with Crippen molar-refractivity contribution in [1.29, 1.82) is 0 Å². The van der Waals surface area contributed by atoms with Crippen LogP contribution in [0.25, 0.3) is 10.2 Å². The highest BCUT2D eigenvalue weighted by atomic mass is 32.1. The number of fused-ring (bicyclic) bond motifs is 1. The summed E-state index contributed by atoms with van der Waals surface area (Å²) in [7, 11) is 3.59. The van der Waals surface area contributed by atoms with E-state index in [1.54, 1.807) is 30.3 Å². The molecule has 0 spiro atoms. The summed E-state index contributed by atoms with van der Waals surface area (Å²) in [6, 6.07) is 2.55. The Morgan fingerprint density at radius 2 is 1.93 bits per heavy atom. The molecular weight excluding hydrogens is 372 g/mol. The lowest BCUT2D eigenvalue weighted by atomic mass is 9.96. The summed E-state index contributed by atoms with van der Waals surface area (Å²) in [6.07, 6.45) is 8.66. The molecular formula is C21H30N4O2S. The highest BCUT2D eigenvalue weighted by Crippen LogP contribution is 2.35. The first-order valence-electron chi connectivity index (χ1n) is 10.4. The van der Waals surface area contributed by atoms with Gasteiger partial charge < -0.3 is 10.2 Å². The molecule has 2 atom stereocenters. The standard InChI is InChI=1S/C21H30N4O2S/c1-13-17-12-18(28-21(17)25(23-13)16-7-5-4-6-8-16)19(26)22-15-10-9-14(11-15)20(27)24(2)3/h12,14-16H,4-11H2,1-3H3,(H,22,26)/t14?,15-/m1/s1. The Hall–Kier alpha value is -1.89. The van der Waals surface area contributed by atoms with Crippen LogP contribution in [0.4, 0.5) is 0 Å². The molecule has 7 heteroatoms. The molecule has 28 heavy (non-hydrogen) atoms. The van der Waals surface area contributed by atoms with Crippen molar-refractivity contribution in [3.63, 3.8) is 0 Å². The minimum atomic E-state index is -0.0150. The van der Waals surface area contributed by atoms with Crippen LogP contribution in [0.3, 0.4) is 0 Å². The van der Waals surface area contributed by atoms with Crippen molar-refractivity contribution in [1.82, 2.24) is 20.0 Å². The molecule has 2 saturated carbocycles. The number of aryl methyl sites for hydroxylation is 1. The third kappa shape index (κ3) is 3.69. The Balaban J connectivity index is 1.47. The maximum atomic E-state index is 12.9. The number of thiophene rings is 1. The molecule has 1 unspecified atom stereocenters. The second kappa shape index (κ2) is 7.85. The van der Waals surface area contributed by atoms with E-state index in [4.69, 9.17) is 5.10 Å². The van der Waals surface area contributed by atoms with E-state index in [1.165, 1.54) is 32.1 Å². The van der Waals surface area contributed by atoms with Gasteiger partial charge in [0.1, 0.15) is 4.83 Å². The van der Waals surface area contributed by atoms with Gasteiger partial charge in [-0.05, 0) is 45.1 Å². The summed E-state index contributed by atoms with van der Waals surface area (Å²) in [5, 5.41) is 9.04. The maximum Gasteiger partial charge on any atom is 0.261 e. The van der Waals surface area contributed by atoms with E-state index in [-0.39, 0.29) is 23.8 Å². The molecule has 2 heterocycles. The predicted molar refractivity (Wildman–Crippen MR) is 112 cm³/mol. The lowest BCUT2D eigenvalue weighted by Gasteiger charge is -2.22. The van der Waals surface area contributed by atoms with Gasteiger partial charge >= 0.3 is 0 Å². The van der Waals surface area contributed by atoms with Crippen LogP contribution < -0.4 is 5.32 Å². The van der Waals surface area contributed by atoms with E-state index >= 15 is 0 Å². The predicted octanol–water partition coefficient (Wildman–Crippen LogP) is 3.90. The molecule has 2 fully saturated rings. The molecule has 0 aromatic carbocycles. The number of amides is 2. The van der Waals surface area contributed by atoms with Crippen LogP contribution in [0.5, 0.6) is 0 Å². The molecule has 0 saturated heterocycles. The average Bonchev–Trinajstić information content (AvgIpc) is 3.38. The van der Waals surface area contributed by atoms with E-state index in [2.05, 4.69) is 10.00 Å². The van der Waals surface area contributed by atoms with Gasteiger partial charge in [0, 0.05) is 31.4 Å². The number of aromatic nitrogens is 2. The largest absolute Gasteiger partial charge is 0.349 e. The summed E-state index contributed by atoms with van der Waals surface area (Å²) in [6.45, 7) is 2.03. The zero-order valence-corrected chi connectivity index (χ0v) is 17.8. The van der Waals surface area contributed by atoms with Crippen molar-refractivity contribution in [3.05, 3.63) is 16.6 Å². The number of nitrogens with one attached hydrogen (secondary N) is 1. The monoisotopic (exact) mass is 402 g/mol. The molecule has 6 nitrogen and oxygen atoms in total. The third-order valence-corrected chi connectivity index (χ3v) is 7.39. The smallest absolute Gasteiger partial charge is 0.261 e. The first kappa shape index (κ1) is 19.4. The molecule has 2 aliphatic rings. The maximum absolute atomic E-state index is 12.9. The van der Waals surface area contributed by atoms with Crippen LogP contribution in [0.1, 0.15) is 72.8 Å². The van der Waals surface area contributed by atoms with E-state index in [1.807, 2.05) is 13.0 Å². The lowest BCUT2D eigenvalue weighted by Crippen LogP contribution is -2.34. The summed E-state index contributed by atoms with van der Waals surface area (Å²) >= 11 is 1.56. The van der Waals surface area contributed by atoms with Crippen LogP contribution in [0.2, 0.25) is 0 Å². The Morgan fingerprint density at radius 1 is 1.18 bits per heavy atom. The highest BCUT2D eigenvalue weighted by molar-refractivity contribution is 7.20. The van der Waals surface area contributed by atoms with Crippen molar-refractivity contribution in [2.24, 2.45) is 5.92 Å². The first-order chi connectivity index (χ1) is 13.4. The minimum absolute atomic E-state index is 0.0150. The van der Waals surface area contributed by atoms with Gasteiger partial charge in [-0.1, -0.05) is 19.3 Å². The van der Waals surface area contributed by atoms with Crippen molar-refractivity contribution in [2.45, 2.75) is 70.4 Å². The van der Waals surface area contributed by atoms with Crippen LogP contribution in [0.15, 0.2) is 6.07 Å². The molecule has 0 aliphatic heterocycles. The fraction of sp³-hybridized carbons (Fsp3) is 0.667. The number of hydrogen-bond acceptors (Lipinski definition) is 4. The van der Waals surface area contributed by atoms with Gasteiger partial charge in [0.05, 0.1) is 16.6 Å². The molecule has 152 valence electrons. The van der Waals surface area contributed by atoms with Gasteiger partial charge in [-0.2, -0.15) is 5.10 Å². The van der Waals surface area contributed by atoms with E-state index in [0.717, 1.165) is 40.1 Å². The second-order valence-corrected chi connectivity index (χ2v) is 9.59. The molecule has 2 aromatic rings. The number of carbonyl (C=O) groups excluding carboxylic acids is 2. The number of hydrogen-bond donors (Lipinski definition) is 1. The molecule has 4 rings (SSSR count). The molecule has 2 aliphatic carbocycles. The normalized spacial score (nSPS) is 23.2. The Labute approximate surface area is 170 Å². The fourth-order valence-electron chi connectivity index (χ4n) is 4.72. The van der Waals surface area contributed by atoms with E-state index in [9.17, 15) is 9.59 Å². The quantitative estimate of drug-likeness (QED) is 0.843. The third-order valence-electron chi connectivity index (χ3n) is 6.27. The van der Waals surface area contributed by atoms with Crippen molar-refractivity contribution in [2.75, 3.05) is 14.1 Å². The molecule has 1 N–H and O–H groups in total. The topological polar surface area (TPSA) is 67.2 Å². The molecule has 2 amide bonds. The average molecular weight is 403 g/mol. The molecule has 0 radical (unpaired) electrons. The first-order valence-corrected chi connectivity index (χ1v) is 11.3. The van der Waals surface area contributed by atoms with Crippen LogP contribution in [-0.4, -0.2) is 46.6 Å². The zero-order valence-electron chi connectivity index (χ0n) is 17.0. The SMILES string of the molecule is Cc1nn(C2CCCCC2)c2sc(C(=O)N[C@@H]3CCC(C(=O)N(C)C)C3)cc12. The van der Waals surface area contributed by atoms with Crippen LogP contribution in [-0.2, 0) is 4.79 Å². The number of nitrogens with zero attached hydrogens (tertiary/aromatic N) is 3. The van der Waals surface area contributed by atoms with Gasteiger partial charge in [-0.25, -0.2) is 0 Å². The Bertz CT molecular complexity index is 878. The molecule has 2 aromatic heterocycles. The number of carbonyl (C=O) groups is 2. The van der Waals surface area contributed by atoms with Crippen molar-refractivity contribution < 1.29 is 9.59 Å². The highest BCUT2D eigenvalue weighted by Gasteiger charge is 2.32. The molecule has 0 bridgehead atoms. The number of rotatable bonds is 4. The summed E-state index contributed by atoms with van der Waals surface area (Å²) in [4.78, 5) is 28.5. The summed E-state index contributed by atoms with van der Waals surface area (Å²) < 4.78 is 2.17. The van der Waals surface area contributed by atoms with Crippen LogP contribution in [0, 0.1) is 12.8 Å². The Morgan fingerprint density at radius 3 is 2.64 bits per heavy atom. The lowest BCUT2D eigenvalue weighted by molar-refractivity contribution is -0.132. The second-order valence-electron chi connectivity index (χ2n) is 8.56. The van der Waals surface area contributed by atoms with Gasteiger partial charge in [0.15, 0.2) is 0 Å². The zero-order chi connectivity index (χ0) is 19.8. The minimum Gasteiger partial charge on any atom is -0.349 e. The van der Waals surface area contributed by atoms with Gasteiger partial charge in [-0.3, -0.25) is 14.3 Å². The summed E-state index contributed by atoms with van der Waals surface area (Å²) in [5.74, 6) is 0.186. The van der Waals surface area contributed by atoms with Gasteiger partial charge in [0.2, 0.25) is 5.91 Å². The fourth-order valence-corrected chi connectivity index (χ4v) is 5.85. The van der Waals surface area contributed by atoms with Crippen molar-refractivity contribution in [3.8, 4) is 0 Å². The van der Waals surface area contributed by atoms with Gasteiger partial charge in [0.25, 0.3) is 5.91 Å².